The van der Waals surface area contributed by atoms with Gasteiger partial charge in [-0.05, 0) is 12.1 Å². The Morgan fingerprint density at radius 1 is 1.14 bits per heavy atom. The summed E-state index contributed by atoms with van der Waals surface area (Å²) in [6.07, 6.45) is 0. The third-order valence-corrected chi connectivity index (χ3v) is 1.77. The van der Waals surface area contributed by atoms with Gasteiger partial charge in [-0.2, -0.15) is 0 Å². The Hall–Kier alpha value is -1.64. The molecule has 3 heteroatoms. The fourth-order valence-electron chi connectivity index (χ4n) is 0.876. The van der Waals surface area contributed by atoms with E-state index in [0.717, 1.165) is 0 Å². The van der Waals surface area contributed by atoms with Gasteiger partial charge in [0.2, 0.25) is 5.90 Å². The molecular weight excluding hydrogens is 176 g/mol. The van der Waals surface area contributed by atoms with Crippen LogP contribution >= 0.6 is 0 Å². The SMILES string of the molecule is CC(C)C(=N)OC(=N)c1ccccc1. The maximum absolute atomic E-state index is 7.59. The molecule has 74 valence electrons. The van der Waals surface area contributed by atoms with E-state index in [-0.39, 0.29) is 17.7 Å². The van der Waals surface area contributed by atoms with Gasteiger partial charge >= 0.3 is 0 Å². The second kappa shape index (κ2) is 4.56. The quantitative estimate of drug-likeness (QED) is 0.546. The van der Waals surface area contributed by atoms with E-state index in [0.29, 0.717) is 5.56 Å². The first kappa shape index (κ1) is 10.4. The fraction of sp³-hybridized carbons (Fsp3) is 0.273. The molecule has 14 heavy (non-hydrogen) atoms. The first-order valence-electron chi connectivity index (χ1n) is 4.51. The van der Waals surface area contributed by atoms with E-state index < -0.39 is 0 Å². The Balaban J connectivity index is 2.65. The third-order valence-electron chi connectivity index (χ3n) is 1.77. The highest BCUT2D eigenvalue weighted by Gasteiger charge is 2.08. The normalized spacial score (nSPS) is 9.93. The summed E-state index contributed by atoms with van der Waals surface area (Å²) in [5.41, 5.74) is 0.693. The zero-order valence-corrected chi connectivity index (χ0v) is 8.37. The molecule has 0 heterocycles. The predicted molar refractivity (Wildman–Crippen MR) is 56.9 cm³/mol. The van der Waals surface area contributed by atoms with Crippen molar-refractivity contribution in [1.82, 2.24) is 0 Å². The predicted octanol–water partition coefficient (Wildman–Crippen LogP) is 2.66. The lowest BCUT2D eigenvalue weighted by atomic mass is 10.2. The summed E-state index contributed by atoms with van der Waals surface area (Å²) in [6, 6.07) is 9.13. The molecule has 0 aliphatic heterocycles. The molecule has 0 amide bonds. The smallest absolute Gasteiger partial charge is 0.220 e. The molecule has 0 radical (unpaired) electrons. The maximum atomic E-state index is 7.59. The van der Waals surface area contributed by atoms with Gasteiger partial charge in [0, 0.05) is 11.5 Å². The van der Waals surface area contributed by atoms with Gasteiger partial charge in [0.15, 0.2) is 5.90 Å². The van der Waals surface area contributed by atoms with E-state index in [4.69, 9.17) is 15.6 Å². The molecule has 0 fully saturated rings. The number of nitrogens with one attached hydrogen (secondary N) is 2. The average Bonchev–Trinajstić information content (AvgIpc) is 2.19. The van der Waals surface area contributed by atoms with Gasteiger partial charge in [0.05, 0.1) is 0 Å². The van der Waals surface area contributed by atoms with E-state index in [9.17, 15) is 0 Å². The largest absolute Gasteiger partial charge is 0.425 e. The lowest BCUT2D eigenvalue weighted by Gasteiger charge is -2.09. The van der Waals surface area contributed by atoms with Crippen LogP contribution in [0.4, 0.5) is 0 Å². The Labute approximate surface area is 83.7 Å². The van der Waals surface area contributed by atoms with Gasteiger partial charge in [-0.25, -0.2) is 0 Å². The number of hydrogen-bond acceptors (Lipinski definition) is 3. The van der Waals surface area contributed by atoms with E-state index in [1.807, 2.05) is 32.0 Å². The van der Waals surface area contributed by atoms with Gasteiger partial charge in [-0.15, -0.1) is 0 Å². The van der Waals surface area contributed by atoms with Crippen LogP contribution in [-0.4, -0.2) is 11.8 Å². The van der Waals surface area contributed by atoms with Crippen molar-refractivity contribution in [3.63, 3.8) is 0 Å². The molecule has 3 nitrogen and oxygen atoms in total. The van der Waals surface area contributed by atoms with Crippen LogP contribution in [0.1, 0.15) is 19.4 Å². The Morgan fingerprint density at radius 3 is 2.21 bits per heavy atom. The van der Waals surface area contributed by atoms with Crippen LogP contribution in [0.2, 0.25) is 0 Å². The number of ether oxygens (including phenoxy) is 1. The molecular formula is C11H14N2O. The van der Waals surface area contributed by atoms with Gasteiger partial charge in [-0.1, -0.05) is 32.0 Å². The standard InChI is InChI=1S/C11H14N2O/c1-8(2)10(12)14-11(13)9-6-4-3-5-7-9/h3-8,12-13H,1-2H3. The van der Waals surface area contributed by atoms with Crippen molar-refractivity contribution in [2.45, 2.75) is 13.8 Å². The summed E-state index contributed by atoms with van der Waals surface area (Å²) < 4.78 is 5.06. The summed E-state index contributed by atoms with van der Waals surface area (Å²) in [6.45, 7) is 3.72. The first-order valence-corrected chi connectivity index (χ1v) is 4.51. The van der Waals surface area contributed by atoms with Crippen LogP contribution in [0.25, 0.3) is 0 Å². The minimum atomic E-state index is 0.0130. The van der Waals surface area contributed by atoms with E-state index in [2.05, 4.69) is 0 Å². The maximum Gasteiger partial charge on any atom is 0.220 e. The summed E-state index contributed by atoms with van der Waals surface area (Å²) >= 11 is 0. The minimum Gasteiger partial charge on any atom is -0.425 e. The molecule has 1 aromatic rings. The highest BCUT2D eigenvalue weighted by atomic mass is 16.5. The molecule has 0 unspecified atom stereocenters. The molecule has 0 aromatic heterocycles. The Bertz CT molecular complexity index is 330. The average molecular weight is 190 g/mol. The number of rotatable bonds is 2. The van der Waals surface area contributed by atoms with Crippen molar-refractivity contribution in [3.8, 4) is 0 Å². The van der Waals surface area contributed by atoms with Gasteiger partial charge < -0.3 is 4.74 Å². The molecule has 0 saturated heterocycles. The summed E-state index contributed by atoms with van der Waals surface area (Å²) in [4.78, 5) is 0. The van der Waals surface area contributed by atoms with E-state index in [1.54, 1.807) is 12.1 Å². The van der Waals surface area contributed by atoms with Crippen LogP contribution < -0.4 is 0 Å². The molecule has 1 rings (SSSR count). The second-order valence-corrected chi connectivity index (χ2v) is 3.32. The zero-order valence-electron chi connectivity index (χ0n) is 8.37. The second-order valence-electron chi connectivity index (χ2n) is 3.32. The zero-order chi connectivity index (χ0) is 10.6. The topological polar surface area (TPSA) is 56.9 Å². The highest BCUT2D eigenvalue weighted by Crippen LogP contribution is 2.04. The van der Waals surface area contributed by atoms with Crippen molar-refractivity contribution in [1.29, 1.82) is 10.8 Å². The summed E-state index contributed by atoms with van der Waals surface area (Å²) in [5, 5.41) is 15.1. The van der Waals surface area contributed by atoms with Crippen molar-refractivity contribution in [2.75, 3.05) is 0 Å². The van der Waals surface area contributed by atoms with Crippen LogP contribution in [-0.2, 0) is 4.74 Å². The van der Waals surface area contributed by atoms with Crippen molar-refractivity contribution in [2.24, 2.45) is 5.92 Å². The molecule has 0 saturated carbocycles. The lowest BCUT2D eigenvalue weighted by Crippen LogP contribution is -2.16. The van der Waals surface area contributed by atoms with Crippen LogP contribution in [0.5, 0.6) is 0 Å². The molecule has 0 spiro atoms. The van der Waals surface area contributed by atoms with Crippen molar-refractivity contribution < 1.29 is 4.74 Å². The highest BCUT2D eigenvalue weighted by molar-refractivity contribution is 5.99. The summed E-state index contributed by atoms with van der Waals surface area (Å²) in [5.74, 6) is 0.169. The van der Waals surface area contributed by atoms with Crippen LogP contribution in [0.15, 0.2) is 30.3 Å². The third kappa shape index (κ3) is 2.69. The molecule has 2 N–H and O–H groups in total. The molecule has 0 atom stereocenters. The lowest BCUT2D eigenvalue weighted by molar-refractivity contribution is 0.491. The van der Waals surface area contributed by atoms with Gasteiger partial charge in [0.1, 0.15) is 0 Å². The van der Waals surface area contributed by atoms with Gasteiger partial charge in [-0.3, -0.25) is 10.8 Å². The number of hydrogen-bond donors (Lipinski definition) is 2. The van der Waals surface area contributed by atoms with E-state index in [1.165, 1.54) is 0 Å². The summed E-state index contributed by atoms with van der Waals surface area (Å²) in [7, 11) is 0. The van der Waals surface area contributed by atoms with E-state index >= 15 is 0 Å². The minimum absolute atomic E-state index is 0.0130. The Kier molecular flexibility index (Phi) is 3.40. The van der Waals surface area contributed by atoms with Crippen LogP contribution in [0.3, 0.4) is 0 Å². The first-order chi connectivity index (χ1) is 6.61. The molecule has 1 aromatic carbocycles. The number of benzene rings is 1. The van der Waals surface area contributed by atoms with Crippen LogP contribution in [0, 0.1) is 16.7 Å². The fourth-order valence-corrected chi connectivity index (χ4v) is 0.876. The van der Waals surface area contributed by atoms with Crippen molar-refractivity contribution in [3.05, 3.63) is 35.9 Å². The molecule has 0 bridgehead atoms. The Morgan fingerprint density at radius 2 is 1.71 bits per heavy atom. The van der Waals surface area contributed by atoms with Gasteiger partial charge in [0.25, 0.3) is 0 Å². The molecule has 0 aliphatic carbocycles. The molecule has 0 aliphatic rings. The monoisotopic (exact) mass is 190 g/mol. The van der Waals surface area contributed by atoms with Crippen molar-refractivity contribution >= 4 is 11.8 Å².